The minimum Gasteiger partial charge on any atom is -0.380 e. The van der Waals surface area contributed by atoms with Gasteiger partial charge in [-0.25, -0.2) is 8.78 Å². The van der Waals surface area contributed by atoms with E-state index in [0.29, 0.717) is 56.7 Å². The molecule has 0 bridgehead atoms. The van der Waals surface area contributed by atoms with Gasteiger partial charge in [-0.1, -0.05) is 24.3 Å². The van der Waals surface area contributed by atoms with Crippen LogP contribution in [0.2, 0.25) is 0 Å². The van der Waals surface area contributed by atoms with Gasteiger partial charge in [-0.15, -0.1) is 0 Å². The van der Waals surface area contributed by atoms with Crippen LogP contribution < -0.4 is 0 Å². The lowest BCUT2D eigenvalue weighted by Crippen LogP contribution is -2.57. The number of aliphatic imine (C=N–C) groups is 1. The number of likely N-dealkylation sites (tertiary alicyclic amines) is 1. The standard InChI is InChI=1S/C29H25F2N3O3/c30-22-5-3-19-11-18(1-2-20(19)12-22)21-4-6-23(24(31)13-21)25-32-28(7-8-28)26(35)34(25)16-17-14-33(15-17)27(36)29(37)9-10-29/h1-6,11-13,17,37H,7-10,14-16H2. The van der Waals surface area contributed by atoms with Gasteiger partial charge < -0.3 is 10.0 Å². The van der Waals surface area contributed by atoms with Crippen molar-refractivity contribution >= 4 is 28.4 Å². The van der Waals surface area contributed by atoms with E-state index in [9.17, 15) is 19.1 Å². The highest BCUT2D eigenvalue weighted by Gasteiger charge is 2.58. The fraction of sp³-hybridized carbons (Fsp3) is 0.345. The van der Waals surface area contributed by atoms with Crippen LogP contribution in [0.1, 0.15) is 31.2 Å². The summed E-state index contributed by atoms with van der Waals surface area (Å²) in [5, 5.41) is 11.7. The summed E-state index contributed by atoms with van der Waals surface area (Å²) in [6, 6.07) is 15.0. The van der Waals surface area contributed by atoms with Crippen molar-refractivity contribution in [2.24, 2.45) is 10.9 Å². The third kappa shape index (κ3) is 3.65. The van der Waals surface area contributed by atoms with Crippen molar-refractivity contribution in [1.29, 1.82) is 0 Å². The molecule has 0 atom stereocenters. The molecule has 6 nitrogen and oxygen atoms in total. The number of hydrogen-bond acceptors (Lipinski definition) is 4. The molecule has 4 aliphatic rings. The number of halogens is 2. The largest absolute Gasteiger partial charge is 0.380 e. The molecule has 3 aromatic rings. The Labute approximate surface area is 212 Å². The second-order valence-electron chi connectivity index (χ2n) is 10.9. The van der Waals surface area contributed by atoms with Crippen LogP contribution in [0, 0.1) is 17.6 Å². The van der Waals surface area contributed by atoms with Gasteiger partial charge in [0.25, 0.3) is 11.8 Å². The van der Waals surface area contributed by atoms with E-state index in [1.54, 1.807) is 21.9 Å². The van der Waals surface area contributed by atoms with Crippen molar-refractivity contribution < 1.29 is 23.5 Å². The summed E-state index contributed by atoms with van der Waals surface area (Å²) < 4.78 is 29.0. The number of carbonyl (C=O) groups excluding carboxylic acids is 2. The summed E-state index contributed by atoms with van der Waals surface area (Å²) in [6.45, 7) is 1.31. The van der Waals surface area contributed by atoms with E-state index in [4.69, 9.17) is 0 Å². The summed E-state index contributed by atoms with van der Waals surface area (Å²) in [5.74, 6) is -0.692. The van der Waals surface area contributed by atoms with Gasteiger partial charge in [-0.05, 0) is 77.9 Å². The fourth-order valence-corrected chi connectivity index (χ4v) is 5.49. The molecule has 2 aliphatic carbocycles. The topological polar surface area (TPSA) is 73.2 Å². The second kappa shape index (κ2) is 7.68. The molecule has 3 aromatic carbocycles. The molecule has 2 amide bonds. The molecule has 3 fully saturated rings. The van der Waals surface area contributed by atoms with E-state index in [1.165, 1.54) is 18.2 Å². The lowest BCUT2D eigenvalue weighted by Gasteiger charge is -2.42. The predicted molar refractivity (Wildman–Crippen MR) is 134 cm³/mol. The Morgan fingerprint density at radius 2 is 1.62 bits per heavy atom. The molecule has 2 saturated carbocycles. The Balaban J connectivity index is 1.13. The van der Waals surface area contributed by atoms with Crippen molar-refractivity contribution in [3.63, 3.8) is 0 Å². The highest BCUT2D eigenvalue weighted by Crippen LogP contribution is 2.47. The lowest BCUT2D eigenvalue weighted by molar-refractivity contribution is -0.149. The van der Waals surface area contributed by atoms with Crippen molar-refractivity contribution in [2.75, 3.05) is 19.6 Å². The first-order valence-electron chi connectivity index (χ1n) is 12.7. The number of benzene rings is 3. The summed E-state index contributed by atoms with van der Waals surface area (Å²) in [5.41, 5.74) is -0.192. The average Bonchev–Trinajstić information content (AvgIpc) is 3.78. The van der Waals surface area contributed by atoms with Gasteiger partial charge in [0.1, 0.15) is 28.6 Å². The van der Waals surface area contributed by atoms with E-state index in [-0.39, 0.29) is 29.1 Å². The number of aliphatic hydroxyl groups is 1. The van der Waals surface area contributed by atoms with E-state index in [0.717, 1.165) is 16.3 Å². The zero-order valence-corrected chi connectivity index (χ0v) is 20.1. The molecule has 8 heteroatoms. The summed E-state index contributed by atoms with van der Waals surface area (Å²) in [6.07, 6.45) is 2.32. The number of hydrogen-bond donors (Lipinski definition) is 1. The normalized spacial score (nSPS) is 21.4. The molecule has 7 rings (SSSR count). The molecule has 0 aromatic heterocycles. The lowest BCUT2D eigenvalue weighted by atomic mass is 9.97. The van der Waals surface area contributed by atoms with Gasteiger partial charge >= 0.3 is 0 Å². The van der Waals surface area contributed by atoms with Gasteiger partial charge in [0.15, 0.2) is 0 Å². The fourth-order valence-electron chi connectivity index (χ4n) is 5.49. The Morgan fingerprint density at radius 3 is 2.32 bits per heavy atom. The molecule has 0 unspecified atom stereocenters. The van der Waals surface area contributed by atoms with Gasteiger partial charge in [0.05, 0.1) is 5.56 Å². The van der Waals surface area contributed by atoms with E-state index < -0.39 is 17.0 Å². The molecule has 1 saturated heterocycles. The number of amides is 2. The molecule has 2 heterocycles. The van der Waals surface area contributed by atoms with Gasteiger partial charge in [0, 0.05) is 25.6 Å². The minimum absolute atomic E-state index is 0.0547. The molecule has 1 N–H and O–H groups in total. The summed E-state index contributed by atoms with van der Waals surface area (Å²) in [4.78, 5) is 33.5. The predicted octanol–water partition coefficient (Wildman–Crippen LogP) is 3.89. The summed E-state index contributed by atoms with van der Waals surface area (Å²) in [7, 11) is 0. The first kappa shape index (κ1) is 22.5. The van der Waals surface area contributed by atoms with Crippen molar-refractivity contribution in [3.8, 4) is 11.1 Å². The van der Waals surface area contributed by atoms with E-state index in [1.807, 2.05) is 24.3 Å². The van der Waals surface area contributed by atoms with Crippen LogP contribution in [0.5, 0.6) is 0 Å². The zero-order chi connectivity index (χ0) is 25.5. The molecular formula is C29H25F2N3O3. The number of nitrogens with zero attached hydrogens (tertiary/aromatic N) is 3. The third-order valence-corrected chi connectivity index (χ3v) is 8.09. The molecule has 188 valence electrons. The highest BCUT2D eigenvalue weighted by atomic mass is 19.1. The Kier molecular flexibility index (Phi) is 4.68. The molecule has 1 spiro atoms. The molecule has 37 heavy (non-hydrogen) atoms. The minimum atomic E-state index is -1.19. The molecule has 0 radical (unpaired) electrons. The van der Waals surface area contributed by atoms with Crippen molar-refractivity contribution in [2.45, 2.75) is 36.8 Å². The highest BCUT2D eigenvalue weighted by molar-refractivity contribution is 6.16. The number of fused-ring (bicyclic) bond motifs is 1. The van der Waals surface area contributed by atoms with Crippen LogP contribution in [-0.4, -0.2) is 63.3 Å². The first-order chi connectivity index (χ1) is 17.7. The SMILES string of the molecule is O=C(N1CC(CN2C(=O)C3(CC3)N=C2c2ccc(-c3ccc4cc(F)ccc4c3)cc2F)C1)C1(O)CC1. The Morgan fingerprint density at radius 1 is 0.946 bits per heavy atom. The Hall–Kier alpha value is -3.65. The molecular weight excluding hydrogens is 476 g/mol. The van der Waals surface area contributed by atoms with Crippen molar-refractivity contribution in [1.82, 2.24) is 9.80 Å². The van der Waals surface area contributed by atoms with Crippen LogP contribution in [0.3, 0.4) is 0 Å². The van der Waals surface area contributed by atoms with Crippen LogP contribution >= 0.6 is 0 Å². The third-order valence-electron chi connectivity index (χ3n) is 8.09. The number of amidine groups is 1. The van der Waals surface area contributed by atoms with E-state index in [2.05, 4.69) is 4.99 Å². The Bertz CT molecular complexity index is 1520. The average molecular weight is 502 g/mol. The first-order valence-corrected chi connectivity index (χ1v) is 12.7. The second-order valence-corrected chi connectivity index (χ2v) is 10.9. The zero-order valence-electron chi connectivity index (χ0n) is 20.1. The smallest absolute Gasteiger partial charge is 0.256 e. The van der Waals surface area contributed by atoms with Gasteiger partial charge in [0.2, 0.25) is 0 Å². The summed E-state index contributed by atoms with van der Waals surface area (Å²) >= 11 is 0. The number of rotatable bonds is 5. The van der Waals surface area contributed by atoms with Crippen LogP contribution in [0.25, 0.3) is 21.9 Å². The van der Waals surface area contributed by atoms with Crippen molar-refractivity contribution in [3.05, 3.63) is 71.8 Å². The molecule has 2 aliphatic heterocycles. The maximum atomic E-state index is 15.5. The van der Waals surface area contributed by atoms with Gasteiger partial charge in [-0.3, -0.25) is 19.5 Å². The maximum absolute atomic E-state index is 15.5. The monoisotopic (exact) mass is 501 g/mol. The van der Waals surface area contributed by atoms with E-state index >= 15 is 4.39 Å². The van der Waals surface area contributed by atoms with Crippen LogP contribution in [0.4, 0.5) is 8.78 Å². The number of carbonyl (C=O) groups is 2. The maximum Gasteiger partial charge on any atom is 0.256 e. The van der Waals surface area contributed by atoms with Crippen LogP contribution in [-0.2, 0) is 9.59 Å². The quantitative estimate of drug-likeness (QED) is 0.577. The van der Waals surface area contributed by atoms with Gasteiger partial charge in [-0.2, -0.15) is 0 Å². The van der Waals surface area contributed by atoms with Crippen LogP contribution in [0.15, 0.2) is 59.6 Å².